The van der Waals surface area contributed by atoms with Crippen LogP contribution in [0.15, 0.2) is 16.6 Å². The molecule has 3 rings (SSSR count). The van der Waals surface area contributed by atoms with Crippen molar-refractivity contribution >= 4 is 44.9 Å². The van der Waals surface area contributed by atoms with Crippen LogP contribution in [0.2, 0.25) is 10.0 Å². The highest BCUT2D eigenvalue weighted by molar-refractivity contribution is 9.10. The van der Waals surface area contributed by atoms with Gasteiger partial charge in [-0.25, -0.2) is 4.68 Å². The summed E-state index contributed by atoms with van der Waals surface area (Å²) in [5.74, 6) is 0.864. The van der Waals surface area contributed by atoms with Crippen LogP contribution in [0.4, 0.5) is 5.82 Å². The molecular formula is C11H9BrCl2N4. The Morgan fingerprint density at radius 2 is 1.89 bits per heavy atom. The molecule has 1 saturated carbocycles. The lowest BCUT2D eigenvalue weighted by molar-refractivity contribution is 0.764. The van der Waals surface area contributed by atoms with E-state index in [4.69, 9.17) is 28.9 Å². The van der Waals surface area contributed by atoms with E-state index >= 15 is 0 Å². The largest absolute Gasteiger partial charge is 0.381 e. The molecule has 1 aromatic heterocycles. The standard InChI is InChI=1S/C11H9BrCl2N4/c12-6-3-7(13)10(8(14)4-6)18-9(5-1-2-5)11(15)16-17-18/h3-5H,1-2,15H2. The summed E-state index contributed by atoms with van der Waals surface area (Å²) in [6, 6.07) is 3.55. The number of rotatable bonds is 2. The summed E-state index contributed by atoms with van der Waals surface area (Å²) in [7, 11) is 0. The Kier molecular flexibility index (Phi) is 3.00. The molecule has 0 spiro atoms. The van der Waals surface area contributed by atoms with Crippen LogP contribution in [0, 0.1) is 0 Å². The van der Waals surface area contributed by atoms with Gasteiger partial charge in [-0.05, 0) is 25.0 Å². The number of nitrogens with two attached hydrogens (primary N) is 1. The van der Waals surface area contributed by atoms with Crippen molar-refractivity contribution in [3.63, 3.8) is 0 Å². The van der Waals surface area contributed by atoms with E-state index in [2.05, 4.69) is 26.2 Å². The van der Waals surface area contributed by atoms with Crippen LogP contribution >= 0.6 is 39.1 Å². The molecule has 18 heavy (non-hydrogen) atoms. The SMILES string of the molecule is Nc1nnn(-c2c(Cl)cc(Br)cc2Cl)c1C1CC1. The summed E-state index contributed by atoms with van der Waals surface area (Å²) < 4.78 is 2.48. The Morgan fingerprint density at radius 1 is 1.28 bits per heavy atom. The molecule has 1 aliphatic rings. The third-order valence-corrected chi connectivity index (χ3v) is 3.92. The molecule has 0 unspecified atom stereocenters. The molecule has 1 fully saturated rings. The quantitative estimate of drug-likeness (QED) is 0.898. The Labute approximate surface area is 122 Å². The predicted molar refractivity (Wildman–Crippen MR) is 75.5 cm³/mol. The first-order chi connectivity index (χ1) is 8.58. The van der Waals surface area contributed by atoms with Crippen LogP contribution in [0.25, 0.3) is 5.69 Å². The fraction of sp³-hybridized carbons (Fsp3) is 0.273. The van der Waals surface area contributed by atoms with Gasteiger partial charge in [-0.3, -0.25) is 0 Å². The summed E-state index contributed by atoms with van der Waals surface area (Å²) in [4.78, 5) is 0. The summed E-state index contributed by atoms with van der Waals surface area (Å²) in [5.41, 5.74) is 7.40. The van der Waals surface area contributed by atoms with E-state index in [1.807, 2.05) is 0 Å². The van der Waals surface area contributed by atoms with E-state index < -0.39 is 0 Å². The fourth-order valence-electron chi connectivity index (χ4n) is 1.94. The Hall–Kier alpha value is -0.780. The lowest BCUT2D eigenvalue weighted by Gasteiger charge is -2.10. The lowest BCUT2D eigenvalue weighted by Crippen LogP contribution is -2.04. The van der Waals surface area contributed by atoms with Crippen molar-refractivity contribution in [3.05, 3.63) is 32.3 Å². The van der Waals surface area contributed by atoms with Crippen molar-refractivity contribution < 1.29 is 0 Å². The van der Waals surface area contributed by atoms with Crippen LogP contribution in [-0.2, 0) is 0 Å². The zero-order chi connectivity index (χ0) is 12.9. The first-order valence-electron chi connectivity index (χ1n) is 5.44. The molecular weight excluding hydrogens is 339 g/mol. The van der Waals surface area contributed by atoms with E-state index in [1.54, 1.807) is 16.8 Å². The second-order valence-electron chi connectivity index (χ2n) is 4.26. The minimum absolute atomic E-state index is 0.413. The van der Waals surface area contributed by atoms with Crippen molar-refractivity contribution in [2.75, 3.05) is 5.73 Å². The molecule has 1 aliphatic carbocycles. The zero-order valence-corrected chi connectivity index (χ0v) is 12.3. The van der Waals surface area contributed by atoms with Crippen LogP contribution in [0.3, 0.4) is 0 Å². The number of aromatic nitrogens is 3. The third kappa shape index (κ3) is 2.00. The van der Waals surface area contributed by atoms with Gasteiger partial charge in [0.2, 0.25) is 0 Å². The average molecular weight is 348 g/mol. The van der Waals surface area contributed by atoms with Gasteiger partial charge in [-0.2, -0.15) is 0 Å². The zero-order valence-electron chi connectivity index (χ0n) is 9.20. The Morgan fingerprint density at radius 3 is 2.44 bits per heavy atom. The van der Waals surface area contributed by atoms with Gasteiger partial charge < -0.3 is 5.73 Å². The van der Waals surface area contributed by atoms with Crippen LogP contribution in [0.5, 0.6) is 0 Å². The van der Waals surface area contributed by atoms with Gasteiger partial charge in [0, 0.05) is 10.4 Å². The first kappa shape index (κ1) is 12.3. The monoisotopic (exact) mass is 346 g/mol. The molecule has 0 atom stereocenters. The van der Waals surface area contributed by atoms with Gasteiger partial charge in [0.1, 0.15) is 5.69 Å². The van der Waals surface area contributed by atoms with Crippen LogP contribution in [0.1, 0.15) is 24.5 Å². The highest BCUT2D eigenvalue weighted by Crippen LogP contribution is 2.44. The van der Waals surface area contributed by atoms with Crippen molar-refractivity contribution in [1.29, 1.82) is 0 Å². The number of anilines is 1. The second kappa shape index (κ2) is 4.40. The van der Waals surface area contributed by atoms with Crippen molar-refractivity contribution in [3.8, 4) is 5.69 Å². The van der Waals surface area contributed by atoms with Gasteiger partial charge in [0.05, 0.1) is 15.7 Å². The molecule has 0 aliphatic heterocycles. The van der Waals surface area contributed by atoms with Crippen molar-refractivity contribution in [2.45, 2.75) is 18.8 Å². The third-order valence-electron chi connectivity index (χ3n) is 2.89. The fourth-order valence-corrected chi connectivity index (χ4v) is 3.31. The summed E-state index contributed by atoms with van der Waals surface area (Å²) >= 11 is 15.8. The van der Waals surface area contributed by atoms with Gasteiger partial charge >= 0.3 is 0 Å². The van der Waals surface area contributed by atoms with Crippen LogP contribution < -0.4 is 5.73 Å². The topological polar surface area (TPSA) is 56.7 Å². The smallest absolute Gasteiger partial charge is 0.169 e. The van der Waals surface area contributed by atoms with E-state index in [0.29, 0.717) is 27.5 Å². The molecule has 94 valence electrons. The molecule has 2 N–H and O–H groups in total. The van der Waals surface area contributed by atoms with Gasteiger partial charge in [-0.15, -0.1) is 5.10 Å². The average Bonchev–Trinajstić information content (AvgIpc) is 3.03. The maximum atomic E-state index is 6.23. The maximum absolute atomic E-state index is 6.23. The van der Waals surface area contributed by atoms with E-state index in [1.165, 1.54) is 0 Å². The first-order valence-corrected chi connectivity index (χ1v) is 6.99. The highest BCUT2D eigenvalue weighted by Gasteiger charge is 2.32. The molecule has 4 nitrogen and oxygen atoms in total. The number of hydrogen-bond donors (Lipinski definition) is 1. The maximum Gasteiger partial charge on any atom is 0.169 e. The molecule has 0 bridgehead atoms. The number of nitrogen functional groups attached to an aromatic ring is 1. The molecule has 1 heterocycles. The van der Waals surface area contributed by atoms with Crippen LogP contribution in [-0.4, -0.2) is 15.0 Å². The number of nitrogens with zero attached hydrogens (tertiary/aromatic N) is 3. The highest BCUT2D eigenvalue weighted by atomic mass is 79.9. The minimum atomic E-state index is 0.413. The Balaban J connectivity index is 2.21. The van der Waals surface area contributed by atoms with E-state index in [9.17, 15) is 0 Å². The van der Waals surface area contributed by atoms with Gasteiger partial charge in [0.25, 0.3) is 0 Å². The normalized spacial score (nSPS) is 15.1. The minimum Gasteiger partial charge on any atom is -0.381 e. The molecule has 0 saturated heterocycles. The van der Waals surface area contributed by atoms with E-state index in [0.717, 1.165) is 23.0 Å². The van der Waals surface area contributed by atoms with Crippen molar-refractivity contribution in [1.82, 2.24) is 15.0 Å². The molecule has 2 aromatic rings. The molecule has 1 aromatic carbocycles. The molecule has 7 heteroatoms. The predicted octanol–water partition coefficient (Wildman–Crippen LogP) is 3.80. The molecule has 0 radical (unpaired) electrons. The number of halogens is 3. The lowest BCUT2D eigenvalue weighted by atomic mass is 10.2. The van der Waals surface area contributed by atoms with Crippen molar-refractivity contribution in [2.24, 2.45) is 0 Å². The van der Waals surface area contributed by atoms with E-state index in [-0.39, 0.29) is 0 Å². The summed E-state index contributed by atoms with van der Waals surface area (Å²) in [6.45, 7) is 0. The number of benzene rings is 1. The second-order valence-corrected chi connectivity index (χ2v) is 5.99. The van der Waals surface area contributed by atoms with Gasteiger partial charge in [-0.1, -0.05) is 44.3 Å². The molecule has 0 amide bonds. The van der Waals surface area contributed by atoms with Gasteiger partial charge in [0.15, 0.2) is 5.82 Å². The summed E-state index contributed by atoms with van der Waals surface area (Å²) in [6.07, 6.45) is 2.20. The summed E-state index contributed by atoms with van der Waals surface area (Å²) in [5, 5.41) is 9.01. The number of hydrogen-bond acceptors (Lipinski definition) is 3. The Bertz CT molecular complexity index is 598.